The lowest BCUT2D eigenvalue weighted by Crippen LogP contribution is -2.23. The molecular weight excluding hydrogens is 249 g/mol. The fraction of sp³-hybridized carbons (Fsp3) is 0.667. The van der Waals surface area contributed by atoms with Crippen LogP contribution in [0.3, 0.4) is 0 Å². The van der Waals surface area contributed by atoms with Crippen LogP contribution in [0.4, 0.5) is 4.39 Å². The molecule has 0 aliphatic carbocycles. The molecule has 0 aliphatic heterocycles. The predicted molar refractivity (Wildman–Crippen MR) is 85.4 cm³/mol. The van der Waals surface area contributed by atoms with Gasteiger partial charge in [-0.2, -0.15) is 0 Å². The summed E-state index contributed by atoms with van der Waals surface area (Å²) in [5.41, 5.74) is 0.859. The van der Waals surface area contributed by atoms with Crippen LogP contribution in [0.15, 0.2) is 24.3 Å². The second kappa shape index (κ2) is 9.93. The van der Waals surface area contributed by atoms with Crippen LogP contribution in [-0.4, -0.2) is 13.6 Å². The number of unbranched alkanes of at least 4 members (excludes halogenated alkanes) is 1. The van der Waals surface area contributed by atoms with Crippen LogP contribution in [-0.2, 0) is 6.42 Å². The lowest BCUT2D eigenvalue weighted by atomic mass is 9.85. The van der Waals surface area contributed by atoms with Crippen molar-refractivity contribution in [2.45, 2.75) is 52.4 Å². The molecule has 0 radical (unpaired) electrons. The minimum absolute atomic E-state index is 0.0600. The van der Waals surface area contributed by atoms with E-state index in [9.17, 15) is 4.39 Å². The molecule has 114 valence electrons. The maximum absolute atomic E-state index is 13.8. The Hall–Kier alpha value is -0.890. The fourth-order valence-electron chi connectivity index (χ4n) is 2.96. The monoisotopic (exact) mass is 279 g/mol. The Bertz CT molecular complexity index is 364. The molecule has 0 saturated carbocycles. The number of hydrogen-bond donors (Lipinski definition) is 1. The molecule has 1 N–H and O–H groups in total. The zero-order valence-electron chi connectivity index (χ0n) is 13.3. The van der Waals surface area contributed by atoms with E-state index in [0.717, 1.165) is 24.4 Å². The summed E-state index contributed by atoms with van der Waals surface area (Å²) in [6, 6.07) is 7.19. The molecule has 0 bridgehead atoms. The molecule has 20 heavy (non-hydrogen) atoms. The second-order valence-corrected chi connectivity index (χ2v) is 5.87. The van der Waals surface area contributed by atoms with Crippen LogP contribution < -0.4 is 5.32 Å². The standard InChI is InChI=1S/C18H30FN/c1-4-6-9-15(5-2)12-16(14-20-3)13-17-10-7-8-11-18(17)19/h7-8,10-11,15-16,20H,4-6,9,12-14H2,1-3H3. The van der Waals surface area contributed by atoms with E-state index in [1.165, 1.54) is 32.1 Å². The Kier molecular flexibility index (Phi) is 8.52. The third kappa shape index (κ3) is 6.04. The molecule has 0 spiro atoms. The lowest BCUT2D eigenvalue weighted by Gasteiger charge is -2.23. The van der Waals surface area contributed by atoms with E-state index in [-0.39, 0.29) is 5.82 Å². The SMILES string of the molecule is CCCCC(CC)CC(CNC)Cc1ccccc1F. The summed E-state index contributed by atoms with van der Waals surface area (Å²) in [5.74, 6) is 1.24. The second-order valence-electron chi connectivity index (χ2n) is 5.87. The normalized spacial score (nSPS) is 14.2. The van der Waals surface area contributed by atoms with Gasteiger partial charge in [-0.05, 0) is 49.9 Å². The van der Waals surface area contributed by atoms with Gasteiger partial charge in [0.2, 0.25) is 0 Å². The number of benzene rings is 1. The number of hydrogen-bond acceptors (Lipinski definition) is 1. The molecule has 1 aromatic rings. The Morgan fingerprint density at radius 1 is 1.15 bits per heavy atom. The van der Waals surface area contributed by atoms with E-state index < -0.39 is 0 Å². The molecule has 0 aliphatic rings. The average molecular weight is 279 g/mol. The average Bonchev–Trinajstić information content (AvgIpc) is 2.46. The van der Waals surface area contributed by atoms with E-state index in [1.54, 1.807) is 12.1 Å². The Morgan fingerprint density at radius 3 is 2.50 bits per heavy atom. The number of halogens is 1. The highest BCUT2D eigenvalue weighted by molar-refractivity contribution is 5.17. The van der Waals surface area contributed by atoms with Gasteiger partial charge in [0.05, 0.1) is 0 Å². The summed E-state index contributed by atoms with van der Waals surface area (Å²) in [6.07, 6.45) is 7.16. The van der Waals surface area contributed by atoms with Crippen LogP contribution in [0.5, 0.6) is 0 Å². The molecule has 0 amide bonds. The molecule has 2 atom stereocenters. The summed E-state index contributed by atoms with van der Waals surface area (Å²) in [4.78, 5) is 0. The van der Waals surface area contributed by atoms with Crippen molar-refractivity contribution in [1.29, 1.82) is 0 Å². The van der Waals surface area contributed by atoms with Crippen molar-refractivity contribution in [2.75, 3.05) is 13.6 Å². The highest BCUT2D eigenvalue weighted by Gasteiger charge is 2.16. The summed E-state index contributed by atoms with van der Waals surface area (Å²) in [5, 5.41) is 3.27. The van der Waals surface area contributed by atoms with E-state index in [2.05, 4.69) is 19.2 Å². The van der Waals surface area contributed by atoms with Gasteiger partial charge in [0.15, 0.2) is 0 Å². The molecule has 1 nitrogen and oxygen atoms in total. The van der Waals surface area contributed by atoms with Crippen molar-refractivity contribution in [3.8, 4) is 0 Å². The first kappa shape index (κ1) is 17.2. The van der Waals surface area contributed by atoms with Gasteiger partial charge in [-0.3, -0.25) is 0 Å². The smallest absolute Gasteiger partial charge is 0.126 e. The first-order valence-electron chi connectivity index (χ1n) is 8.09. The van der Waals surface area contributed by atoms with Gasteiger partial charge < -0.3 is 5.32 Å². The minimum atomic E-state index is -0.0600. The molecule has 0 saturated heterocycles. The van der Waals surface area contributed by atoms with Crippen LogP contribution in [0.25, 0.3) is 0 Å². The Labute approximate surface area is 124 Å². The van der Waals surface area contributed by atoms with Gasteiger partial charge in [-0.1, -0.05) is 57.7 Å². The van der Waals surface area contributed by atoms with Gasteiger partial charge in [-0.25, -0.2) is 4.39 Å². The maximum atomic E-state index is 13.8. The van der Waals surface area contributed by atoms with Crippen LogP contribution in [0.2, 0.25) is 0 Å². The summed E-state index contributed by atoms with van der Waals surface area (Å²) < 4.78 is 13.8. The molecule has 0 heterocycles. The van der Waals surface area contributed by atoms with Gasteiger partial charge in [0.25, 0.3) is 0 Å². The van der Waals surface area contributed by atoms with Crippen molar-refractivity contribution in [3.63, 3.8) is 0 Å². The first-order valence-corrected chi connectivity index (χ1v) is 8.09. The van der Waals surface area contributed by atoms with Crippen LogP contribution >= 0.6 is 0 Å². The van der Waals surface area contributed by atoms with Crippen molar-refractivity contribution in [1.82, 2.24) is 5.32 Å². The first-order chi connectivity index (χ1) is 9.71. The molecule has 1 rings (SSSR count). The minimum Gasteiger partial charge on any atom is -0.319 e. The molecule has 2 unspecified atom stereocenters. The summed E-state index contributed by atoms with van der Waals surface area (Å²) in [7, 11) is 1.99. The van der Waals surface area contributed by atoms with Crippen molar-refractivity contribution >= 4 is 0 Å². The summed E-state index contributed by atoms with van der Waals surface area (Å²) in [6.45, 7) is 5.49. The topological polar surface area (TPSA) is 12.0 Å². The van der Waals surface area contributed by atoms with Gasteiger partial charge in [0, 0.05) is 0 Å². The van der Waals surface area contributed by atoms with Crippen molar-refractivity contribution in [2.24, 2.45) is 11.8 Å². The van der Waals surface area contributed by atoms with Crippen molar-refractivity contribution < 1.29 is 4.39 Å². The molecule has 0 fully saturated rings. The van der Waals surface area contributed by atoms with E-state index in [4.69, 9.17) is 0 Å². The molecule has 2 heteroatoms. The van der Waals surface area contributed by atoms with E-state index in [1.807, 2.05) is 19.2 Å². The van der Waals surface area contributed by atoms with Crippen LogP contribution in [0, 0.1) is 17.7 Å². The quantitative estimate of drug-likeness (QED) is 0.648. The third-order valence-corrected chi connectivity index (χ3v) is 4.17. The highest BCUT2D eigenvalue weighted by Crippen LogP contribution is 2.24. The third-order valence-electron chi connectivity index (χ3n) is 4.17. The lowest BCUT2D eigenvalue weighted by molar-refractivity contribution is 0.327. The predicted octanol–water partition coefficient (Wildman–Crippen LogP) is 4.81. The van der Waals surface area contributed by atoms with Crippen LogP contribution in [0.1, 0.15) is 51.5 Å². The summed E-state index contributed by atoms with van der Waals surface area (Å²) >= 11 is 0. The molecular formula is C18H30FN. The van der Waals surface area contributed by atoms with Gasteiger partial charge in [0.1, 0.15) is 5.82 Å². The highest BCUT2D eigenvalue weighted by atomic mass is 19.1. The number of rotatable bonds is 10. The zero-order valence-corrected chi connectivity index (χ0v) is 13.3. The molecule has 0 aromatic heterocycles. The maximum Gasteiger partial charge on any atom is 0.126 e. The fourth-order valence-corrected chi connectivity index (χ4v) is 2.96. The van der Waals surface area contributed by atoms with E-state index >= 15 is 0 Å². The zero-order chi connectivity index (χ0) is 14.8. The van der Waals surface area contributed by atoms with Gasteiger partial charge >= 0.3 is 0 Å². The Morgan fingerprint density at radius 2 is 1.90 bits per heavy atom. The molecule has 1 aromatic carbocycles. The van der Waals surface area contributed by atoms with Crippen molar-refractivity contribution in [3.05, 3.63) is 35.6 Å². The van der Waals surface area contributed by atoms with Gasteiger partial charge in [-0.15, -0.1) is 0 Å². The number of nitrogens with one attached hydrogen (secondary N) is 1. The largest absolute Gasteiger partial charge is 0.319 e. The Balaban J connectivity index is 2.61. The van der Waals surface area contributed by atoms with E-state index in [0.29, 0.717) is 5.92 Å².